The van der Waals surface area contributed by atoms with E-state index in [2.05, 4.69) is 38.4 Å². The first-order valence-corrected chi connectivity index (χ1v) is 7.58. The second kappa shape index (κ2) is 10.2. The molecular formula is C16H17Cl2N7O3. The Morgan fingerprint density at radius 2 is 1.93 bits per heavy atom. The third kappa shape index (κ3) is 4.93. The monoisotopic (exact) mass is 425 g/mol. The van der Waals surface area contributed by atoms with Gasteiger partial charge in [0, 0.05) is 25.5 Å². The number of hydrogen-bond donors (Lipinski definition) is 1. The van der Waals surface area contributed by atoms with Gasteiger partial charge in [0.2, 0.25) is 5.95 Å². The van der Waals surface area contributed by atoms with Crippen molar-refractivity contribution in [2.45, 2.75) is 0 Å². The van der Waals surface area contributed by atoms with Crippen LogP contribution in [0.2, 0.25) is 0 Å². The third-order valence-electron chi connectivity index (χ3n) is 3.27. The molecule has 0 aliphatic rings. The normalized spacial score (nSPS) is 9.71. The second-order valence-electron chi connectivity index (χ2n) is 5.09. The quantitative estimate of drug-likeness (QED) is 0.568. The largest absolute Gasteiger partial charge is 0.462 e. The maximum atomic E-state index is 12.4. The number of aromatic nitrogens is 5. The smallest absolute Gasteiger partial charge is 0.333 e. The van der Waals surface area contributed by atoms with Gasteiger partial charge in [-0.25, -0.2) is 4.79 Å². The van der Waals surface area contributed by atoms with Crippen LogP contribution in [0.25, 0.3) is 5.78 Å². The minimum Gasteiger partial charge on any atom is -0.333 e. The zero-order chi connectivity index (χ0) is 18.5. The van der Waals surface area contributed by atoms with Gasteiger partial charge in [-0.15, -0.1) is 43.0 Å². The second-order valence-corrected chi connectivity index (χ2v) is 5.09. The highest BCUT2D eigenvalue weighted by atomic mass is 35.5. The van der Waals surface area contributed by atoms with Crippen molar-refractivity contribution in [3.8, 4) is 0 Å². The lowest BCUT2D eigenvalue weighted by atomic mass is 10.3. The lowest BCUT2D eigenvalue weighted by Gasteiger charge is -2.19. The van der Waals surface area contributed by atoms with Crippen LogP contribution < -0.4 is 16.0 Å². The minimum atomic E-state index is -0.854. The first-order chi connectivity index (χ1) is 12.6. The summed E-state index contributed by atoms with van der Waals surface area (Å²) in [6.45, 7) is 8.24. The Labute approximate surface area is 171 Å². The van der Waals surface area contributed by atoms with Gasteiger partial charge in [-0.3, -0.25) is 15.1 Å². The molecule has 0 unspecified atom stereocenters. The molecule has 0 aliphatic heterocycles. The number of halogens is 2. The predicted octanol–water partition coefficient (Wildman–Crippen LogP) is 1.75. The van der Waals surface area contributed by atoms with Crippen molar-refractivity contribution in [3.05, 3.63) is 66.0 Å². The maximum absolute atomic E-state index is 12.4. The van der Waals surface area contributed by atoms with E-state index in [0.717, 1.165) is 4.57 Å². The molecule has 28 heavy (non-hydrogen) atoms. The molecule has 0 bridgehead atoms. The molecule has 0 radical (unpaired) electrons. The van der Waals surface area contributed by atoms with Crippen molar-refractivity contribution < 1.29 is 9.32 Å². The first kappa shape index (κ1) is 22.8. The number of hydrogen-bond acceptors (Lipinski definition) is 8. The van der Waals surface area contributed by atoms with E-state index in [0.29, 0.717) is 18.7 Å². The van der Waals surface area contributed by atoms with Gasteiger partial charge < -0.3 is 9.42 Å². The van der Waals surface area contributed by atoms with E-state index in [-0.39, 0.29) is 42.5 Å². The van der Waals surface area contributed by atoms with Crippen molar-refractivity contribution >= 4 is 48.4 Å². The molecule has 0 aromatic carbocycles. The predicted molar refractivity (Wildman–Crippen MR) is 109 cm³/mol. The van der Waals surface area contributed by atoms with Crippen LogP contribution in [-0.4, -0.2) is 43.5 Å². The fourth-order valence-corrected chi connectivity index (χ4v) is 2.17. The summed E-state index contributed by atoms with van der Waals surface area (Å²) in [5.41, 5.74) is 0.317. The molecule has 1 N–H and O–H groups in total. The van der Waals surface area contributed by atoms with E-state index in [1.807, 2.05) is 0 Å². The highest BCUT2D eigenvalue weighted by molar-refractivity contribution is 6.03. The molecule has 3 rings (SSSR count). The Kier molecular flexibility index (Phi) is 8.29. The minimum absolute atomic E-state index is 0. The van der Waals surface area contributed by atoms with Crippen LogP contribution in [0.5, 0.6) is 0 Å². The standard InChI is InChI=1S/C16H15N7O3.2ClH/c1-3-8-22(9-4-2)13-19-14(23-15(20-13)21-16(25)26-23)18-12(24)11-6-5-7-17-10-11;;/h3-7,10H,1-2,8-9H2,(H,18,19,20,21,24,25);2*1H. The Morgan fingerprint density at radius 3 is 2.54 bits per heavy atom. The third-order valence-corrected chi connectivity index (χ3v) is 3.27. The van der Waals surface area contributed by atoms with E-state index in [1.54, 1.807) is 35.4 Å². The number of carbonyl (C=O) groups is 1. The number of nitrogens with one attached hydrogen (secondary N) is 1. The van der Waals surface area contributed by atoms with E-state index in [1.165, 1.54) is 6.20 Å². The van der Waals surface area contributed by atoms with Crippen molar-refractivity contribution in [2.24, 2.45) is 0 Å². The molecule has 148 valence electrons. The van der Waals surface area contributed by atoms with Gasteiger partial charge in [0.15, 0.2) is 0 Å². The molecular weight excluding hydrogens is 409 g/mol. The average Bonchev–Trinajstić information content (AvgIpc) is 3.02. The van der Waals surface area contributed by atoms with Crippen LogP contribution in [-0.2, 0) is 0 Å². The summed E-state index contributed by atoms with van der Waals surface area (Å²) in [5, 5.41) is 2.58. The van der Waals surface area contributed by atoms with Gasteiger partial charge in [0.1, 0.15) is 0 Å². The fraction of sp³-hybridized carbons (Fsp3) is 0.125. The Morgan fingerprint density at radius 1 is 1.21 bits per heavy atom. The number of fused-ring (bicyclic) bond motifs is 1. The molecule has 1 amide bonds. The van der Waals surface area contributed by atoms with Crippen LogP contribution in [0.15, 0.2) is 59.2 Å². The van der Waals surface area contributed by atoms with E-state index < -0.39 is 11.7 Å². The van der Waals surface area contributed by atoms with Crippen LogP contribution >= 0.6 is 24.8 Å². The van der Waals surface area contributed by atoms with Crippen molar-refractivity contribution in [1.82, 2.24) is 24.5 Å². The van der Waals surface area contributed by atoms with Gasteiger partial charge in [-0.1, -0.05) is 16.7 Å². The molecule has 0 aliphatic carbocycles. The molecule has 3 aromatic heterocycles. The summed E-state index contributed by atoms with van der Waals surface area (Å²) in [4.78, 5) is 41.6. The van der Waals surface area contributed by atoms with Gasteiger partial charge in [-0.05, 0) is 12.1 Å². The molecule has 3 heterocycles. The van der Waals surface area contributed by atoms with E-state index in [9.17, 15) is 9.59 Å². The molecule has 0 saturated carbocycles. The topological polar surface area (TPSA) is 119 Å². The maximum Gasteiger partial charge on any atom is 0.462 e. The average molecular weight is 426 g/mol. The Bertz CT molecular complexity index is 1010. The van der Waals surface area contributed by atoms with Crippen LogP contribution in [0, 0.1) is 0 Å². The molecule has 0 fully saturated rings. The molecule has 10 nitrogen and oxygen atoms in total. The zero-order valence-corrected chi connectivity index (χ0v) is 16.2. The summed E-state index contributed by atoms with van der Waals surface area (Å²) >= 11 is 0. The number of anilines is 2. The van der Waals surface area contributed by atoms with Crippen molar-refractivity contribution in [2.75, 3.05) is 23.3 Å². The van der Waals surface area contributed by atoms with Gasteiger partial charge >= 0.3 is 5.76 Å². The zero-order valence-electron chi connectivity index (χ0n) is 14.5. The fourth-order valence-electron chi connectivity index (χ4n) is 2.17. The van der Waals surface area contributed by atoms with Gasteiger partial charge in [-0.2, -0.15) is 9.97 Å². The van der Waals surface area contributed by atoms with Crippen LogP contribution in [0.3, 0.4) is 0 Å². The Hall–Kier alpha value is -3.24. The van der Waals surface area contributed by atoms with Crippen LogP contribution in [0.1, 0.15) is 10.4 Å². The molecule has 0 spiro atoms. The number of amides is 1. The highest BCUT2D eigenvalue weighted by Crippen LogP contribution is 2.14. The van der Waals surface area contributed by atoms with E-state index >= 15 is 0 Å². The Balaban J connectivity index is 0.00000196. The SMILES string of the molecule is C=CCN(CC=C)c1nc(NC(=O)c2cccnc2)n2oc(=O)nc2n1.Cl.Cl. The van der Waals surface area contributed by atoms with E-state index in [4.69, 9.17) is 4.52 Å². The first-order valence-electron chi connectivity index (χ1n) is 7.58. The lowest BCUT2D eigenvalue weighted by Crippen LogP contribution is -2.27. The summed E-state index contributed by atoms with van der Waals surface area (Å²) < 4.78 is 5.88. The van der Waals surface area contributed by atoms with Crippen LogP contribution in [0.4, 0.5) is 11.9 Å². The lowest BCUT2D eigenvalue weighted by molar-refractivity contribution is 0.102. The van der Waals surface area contributed by atoms with Gasteiger partial charge in [0.05, 0.1) is 5.56 Å². The number of nitrogens with zero attached hydrogens (tertiary/aromatic N) is 6. The summed E-state index contributed by atoms with van der Waals surface area (Å²) in [7, 11) is 0. The van der Waals surface area contributed by atoms with Crippen molar-refractivity contribution in [3.63, 3.8) is 0 Å². The number of rotatable bonds is 7. The highest BCUT2D eigenvalue weighted by Gasteiger charge is 2.18. The van der Waals surface area contributed by atoms with Gasteiger partial charge in [0.25, 0.3) is 17.6 Å². The molecule has 0 atom stereocenters. The number of pyridine rings is 1. The molecule has 12 heteroatoms. The van der Waals surface area contributed by atoms with Crippen molar-refractivity contribution in [1.29, 1.82) is 0 Å². The molecule has 0 saturated heterocycles. The summed E-state index contributed by atoms with van der Waals surface area (Å²) in [6.07, 6.45) is 6.29. The molecule has 3 aromatic rings. The summed E-state index contributed by atoms with van der Waals surface area (Å²) in [6, 6.07) is 3.22. The number of carbonyl (C=O) groups excluding carboxylic acids is 1. The summed E-state index contributed by atoms with van der Waals surface area (Å²) in [5.74, 6) is -1.16.